The monoisotopic (exact) mass is 271 g/mol. The van der Waals surface area contributed by atoms with Gasteiger partial charge in [0.1, 0.15) is 5.75 Å². The van der Waals surface area contributed by atoms with Gasteiger partial charge in [-0.25, -0.2) is 13.1 Å². The number of benzene rings is 1. The van der Waals surface area contributed by atoms with Gasteiger partial charge in [0, 0.05) is 20.1 Å². The van der Waals surface area contributed by atoms with E-state index < -0.39 is 10.0 Å². The largest absolute Gasteiger partial charge is 0.493 e. The molecule has 6 heteroatoms. The Morgan fingerprint density at radius 2 is 2.28 bits per heavy atom. The molecule has 1 aromatic carbocycles. The summed E-state index contributed by atoms with van der Waals surface area (Å²) in [5, 5.41) is 0. The Bertz CT molecular complexity index is 527. The highest BCUT2D eigenvalue weighted by Crippen LogP contribution is 2.27. The average Bonchev–Trinajstić information content (AvgIpc) is 2.83. The van der Waals surface area contributed by atoms with Crippen molar-refractivity contribution in [3.05, 3.63) is 23.8 Å². The summed E-state index contributed by atoms with van der Waals surface area (Å²) in [6.45, 7) is 2.68. The van der Waals surface area contributed by atoms with Gasteiger partial charge in [-0.2, -0.15) is 0 Å². The van der Waals surface area contributed by atoms with Crippen LogP contribution in [0.2, 0.25) is 0 Å². The number of ether oxygens (including phenoxy) is 2. The van der Waals surface area contributed by atoms with Crippen LogP contribution in [0.15, 0.2) is 23.1 Å². The number of sulfonamides is 1. The van der Waals surface area contributed by atoms with Crippen LogP contribution in [0.1, 0.15) is 12.5 Å². The number of methoxy groups -OCH3 is 1. The van der Waals surface area contributed by atoms with Gasteiger partial charge in [0.05, 0.1) is 17.6 Å². The predicted molar refractivity (Wildman–Crippen MR) is 67.3 cm³/mol. The lowest BCUT2D eigenvalue weighted by atomic mass is 10.2. The summed E-state index contributed by atoms with van der Waals surface area (Å²) < 4.78 is 37.0. The van der Waals surface area contributed by atoms with E-state index in [1.54, 1.807) is 32.2 Å². The minimum atomic E-state index is -3.47. The number of rotatable bonds is 5. The molecule has 1 aliphatic rings. The molecular weight excluding hydrogens is 254 g/mol. The highest BCUT2D eigenvalue weighted by atomic mass is 32.2. The molecule has 0 aliphatic carbocycles. The Hall–Kier alpha value is -1.11. The first kappa shape index (κ1) is 13.3. The lowest BCUT2D eigenvalue weighted by Crippen LogP contribution is -2.31. The second-order valence-electron chi connectivity index (χ2n) is 4.27. The highest BCUT2D eigenvalue weighted by molar-refractivity contribution is 7.89. The van der Waals surface area contributed by atoms with Crippen LogP contribution < -0.4 is 9.46 Å². The van der Waals surface area contributed by atoms with Crippen molar-refractivity contribution in [3.63, 3.8) is 0 Å². The second-order valence-corrected chi connectivity index (χ2v) is 6.03. The summed E-state index contributed by atoms with van der Waals surface area (Å²) in [5.41, 5.74) is 0.942. The lowest BCUT2D eigenvalue weighted by Gasteiger charge is -2.11. The van der Waals surface area contributed by atoms with Gasteiger partial charge in [-0.15, -0.1) is 0 Å². The van der Waals surface area contributed by atoms with Crippen LogP contribution in [0.25, 0.3) is 0 Å². The van der Waals surface area contributed by atoms with Gasteiger partial charge in [-0.05, 0) is 30.7 Å². The zero-order valence-corrected chi connectivity index (χ0v) is 11.3. The summed E-state index contributed by atoms with van der Waals surface area (Å²) in [5.74, 6) is 0.777. The first-order valence-electron chi connectivity index (χ1n) is 5.81. The van der Waals surface area contributed by atoms with Crippen LogP contribution in [0.3, 0.4) is 0 Å². The van der Waals surface area contributed by atoms with Gasteiger partial charge in [0.2, 0.25) is 10.0 Å². The number of hydrogen-bond donors (Lipinski definition) is 1. The molecule has 0 aromatic heterocycles. The van der Waals surface area contributed by atoms with Gasteiger partial charge in [-0.3, -0.25) is 0 Å². The van der Waals surface area contributed by atoms with E-state index in [0.717, 1.165) is 17.7 Å². The first-order chi connectivity index (χ1) is 8.53. The molecule has 0 radical (unpaired) electrons. The van der Waals surface area contributed by atoms with Crippen molar-refractivity contribution >= 4 is 10.0 Å². The minimum absolute atomic E-state index is 0.155. The minimum Gasteiger partial charge on any atom is -0.493 e. The van der Waals surface area contributed by atoms with Crippen LogP contribution in [-0.4, -0.2) is 34.8 Å². The van der Waals surface area contributed by atoms with Crippen LogP contribution >= 0.6 is 0 Å². The third kappa shape index (κ3) is 2.82. The van der Waals surface area contributed by atoms with Crippen molar-refractivity contribution in [3.8, 4) is 5.75 Å². The van der Waals surface area contributed by atoms with E-state index in [9.17, 15) is 8.42 Å². The lowest BCUT2D eigenvalue weighted by molar-refractivity contribution is 0.122. The molecule has 18 heavy (non-hydrogen) atoms. The molecule has 0 saturated carbocycles. The topological polar surface area (TPSA) is 64.6 Å². The summed E-state index contributed by atoms with van der Waals surface area (Å²) >= 11 is 0. The third-order valence-electron chi connectivity index (χ3n) is 2.93. The number of nitrogens with one attached hydrogen (secondary N) is 1. The van der Waals surface area contributed by atoms with E-state index in [2.05, 4.69) is 4.72 Å². The van der Waals surface area contributed by atoms with Crippen molar-refractivity contribution in [2.75, 3.05) is 20.3 Å². The smallest absolute Gasteiger partial charge is 0.240 e. The molecule has 1 aliphatic heterocycles. The molecular formula is C12H17NO4S. The quantitative estimate of drug-likeness (QED) is 0.865. The third-order valence-corrected chi connectivity index (χ3v) is 4.36. The highest BCUT2D eigenvalue weighted by Gasteiger charge is 2.19. The zero-order valence-electron chi connectivity index (χ0n) is 10.5. The molecule has 1 heterocycles. The van der Waals surface area contributed by atoms with Crippen molar-refractivity contribution in [2.45, 2.75) is 24.3 Å². The fourth-order valence-corrected chi connectivity index (χ4v) is 2.89. The summed E-state index contributed by atoms with van der Waals surface area (Å²) in [6, 6.07) is 4.93. The summed E-state index contributed by atoms with van der Waals surface area (Å²) in [6.07, 6.45) is 0.602. The molecule has 0 saturated heterocycles. The van der Waals surface area contributed by atoms with Crippen LogP contribution in [0.5, 0.6) is 5.75 Å². The van der Waals surface area contributed by atoms with E-state index in [0.29, 0.717) is 6.61 Å². The molecule has 5 nitrogen and oxygen atoms in total. The fraction of sp³-hybridized carbons (Fsp3) is 0.500. The molecule has 1 atom stereocenters. The van der Waals surface area contributed by atoms with Gasteiger partial charge >= 0.3 is 0 Å². The molecule has 1 N–H and O–H groups in total. The van der Waals surface area contributed by atoms with Crippen LogP contribution in [-0.2, 0) is 21.2 Å². The average molecular weight is 271 g/mol. The Balaban J connectivity index is 2.15. The molecule has 1 unspecified atom stereocenters. The fourth-order valence-electron chi connectivity index (χ4n) is 1.72. The van der Waals surface area contributed by atoms with Gasteiger partial charge in [0.25, 0.3) is 0 Å². The van der Waals surface area contributed by atoms with Crippen molar-refractivity contribution < 1.29 is 17.9 Å². The predicted octanol–water partition coefficient (Wildman–Crippen LogP) is 0.935. The molecule has 1 aromatic rings. The molecule has 2 rings (SSSR count). The maximum Gasteiger partial charge on any atom is 0.240 e. The van der Waals surface area contributed by atoms with E-state index in [1.807, 2.05) is 0 Å². The summed E-state index contributed by atoms with van der Waals surface area (Å²) in [4.78, 5) is 0.273. The maximum absolute atomic E-state index is 12.0. The van der Waals surface area contributed by atoms with Crippen molar-refractivity contribution in [1.82, 2.24) is 4.72 Å². The van der Waals surface area contributed by atoms with Crippen LogP contribution in [0, 0.1) is 0 Å². The molecule has 0 amide bonds. The van der Waals surface area contributed by atoms with Gasteiger partial charge in [-0.1, -0.05) is 0 Å². The van der Waals surface area contributed by atoms with E-state index >= 15 is 0 Å². The zero-order chi connectivity index (χ0) is 13.2. The number of hydrogen-bond acceptors (Lipinski definition) is 4. The Morgan fingerprint density at radius 3 is 3.00 bits per heavy atom. The Morgan fingerprint density at radius 1 is 1.50 bits per heavy atom. The normalized spacial score (nSPS) is 16.1. The van der Waals surface area contributed by atoms with E-state index in [4.69, 9.17) is 9.47 Å². The standard InChI is InChI=1S/C12H17NO4S/c1-9(16-2)8-13-18(14,15)11-3-4-12-10(7-11)5-6-17-12/h3-4,7,9,13H,5-6,8H2,1-2H3. The molecule has 0 bridgehead atoms. The number of fused-ring (bicyclic) bond motifs is 1. The first-order valence-corrected chi connectivity index (χ1v) is 7.29. The Labute approximate surface area is 107 Å². The Kier molecular flexibility index (Phi) is 3.89. The van der Waals surface area contributed by atoms with E-state index in [-0.39, 0.29) is 17.5 Å². The molecule has 0 spiro atoms. The van der Waals surface area contributed by atoms with Crippen LogP contribution in [0.4, 0.5) is 0 Å². The summed E-state index contributed by atoms with van der Waals surface area (Å²) in [7, 11) is -1.93. The van der Waals surface area contributed by atoms with Gasteiger partial charge < -0.3 is 9.47 Å². The second kappa shape index (κ2) is 5.26. The molecule has 100 valence electrons. The van der Waals surface area contributed by atoms with Crippen molar-refractivity contribution in [2.24, 2.45) is 0 Å². The molecule has 0 fully saturated rings. The van der Waals surface area contributed by atoms with E-state index in [1.165, 1.54) is 0 Å². The SMILES string of the molecule is COC(C)CNS(=O)(=O)c1ccc2c(c1)CCO2. The van der Waals surface area contributed by atoms with Crippen molar-refractivity contribution in [1.29, 1.82) is 0 Å². The van der Waals surface area contributed by atoms with Gasteiger partial charge in [0.15, 0.2) is 0 Å². The maximum atomic E-state index is 12.0.